The molecule has 0 fully saturated rings. The zero-order valence-electron chi connectivity index (χ0n) is 16.5. The van der Waals surface area contributed by atoms with Crippen LogP contribution in [0.4, 0.5) is 11.4 Å². The van der Waals surface area contributed by atoms with Gasteiger partial charge in [0.2, 0.25) is 5.91 Å². The summed E-state index contributed by atoms with van der Waals surface area (Å²) in [4.78, 5) is 40.6. The molecule has 0 saturated heterocycles. The van der Waals surface area contributed by atoms with E-state index in [2.05, 4.69) is 0 Å². The fraction of sp³-hybridized carbons (Fsp3) is 0.286. The summed E-state index contributed by atoms with van der Waals surface area (Å²) < 4.78 is 9.74. The summed E-state index contributed by atoms with van der Waals surface area (Å²) in [5.74, 6) is -1.34. The molecule has 2 aliphatic heterocycles. The molecule has 0 bridgehead atoms. The molecule has 1 aromatic rings. The van der Waals surface area contributed by atoms with Crippen LogP contribution < -0.4 is 9.80 Å². The third-order valence-electron chi connectivity index (χ3n) is 5.02. The van der Waals surface area contributed by atoms with Crippen LogP contribution in [0.25, 0.3) is 0 Å². The molecule has 28 heavy (non-hydrogen) atoms. The van der Waals surface area contributed by atoms with Crippen molar-refractivity contribution in [3.63, 3.8) is 0 Å². The highest BCUT2D eigenvalue weighted by Crippen LogP contribution is 2.43. The molecule has 146 valence electrons. The molecule has 1 aromatic carbocycles. The summed E-state index contributed by atoms with van der Waals surface area (Å²) in [7, 11) is 4.24. The van der Waals surface area contributed by atoms with Crippen LogP contribution in [0.5, 0.6) is 0 Å². The average molecular weight is 382 g/mol. The topological polar surface area (TPSA) is 76.2 Å². The van der Waals surface area contributed by atoms with Gasteiger partial charge in [-0.3, -0.25) is 4.79 Å². The predicted molar refractivity (Wildman–Crippen MR) is 105 cm³/mol. The minimum atomic E-state index is -0.700. The lowest BCUT2D eigenvalue weighted by atomic mass is 9.86. The summed E-state index contributed by atoms with van der Waals surface area (Å²) in [5, 5.41) is 0. The third-order valence-corrected chi connectivity index (χ3v) is 5.02. The molecule has 2 aliphatic rings. The van der Waals surface area contributed by atoms with E-state index in [1.54, 1.807) is 41.3 Å². The molecule has 0 atom stereocenters. The number of benzene rings is 1. The highest BCUT2D eigenvalue weighted by molar-refractivity contribution is 6.08. The number of anilines is 2. The van der Waals surface area contributed by atoms with Crippen molar-refractivity contribution in [2.75, 3.05) is 31.1 Å². The van der Waals surface area contributed by atoms with Gasteiger partial charge in [-0.1, -0.05) is 6.08 Å². The standard InChI is InChI=1S/C21H22N2O5/c1-21(2)15-12-13(9-10-16(15)22(3)20(21)26)23-11-7-6-8-14(18(24)27-4)17(23)19(25)28-5/h6-12H,1-5H3. The van der Waals surface area contributed by atoms with Crippen LogP contribution in [0.15, 0.2) is 53.9 Å². The van der Waals surface area contributed by atoms with Gasteiger partial charge in [-0.15, -0.1) is 0 Å². The van der Waals surface area contributed by atoms with Crippen molar-refractivity contribution in [3.05, 3.63) is 59.5 Å². The first kappa shape index (κ1) is 19.4. The van der Waals surface area contributed by atoms with Crippen LogP contribution in [0.1, 0.15) is 19.4 Å². The third kappa shape index (κ3) is 2.89. The molecule has 0 aromatic heterocycles. The summed E-state index contributed by atoms with van der Waals surface area (Å²) in [5.41, 5.74) is 1.69. The van der Waals surface area contributed by atoms with Crippen LogP contribution in [-0.2, 0) is 29.3 Å². The number of methoxy groups -OCH3 is 2. The van der Waals surface area contributed by atoms with E-state index in [0.717, 1.165) is 11.3 Å². The van der Waals surface area contributed by atoms with E-state index in [0.29, 0.717) is 5.69 Å². The van der Waals surface area contributed by atoms with Crippen molar-refractivity contribution in [1.82, 2.24) is 0 Å². The largest absolute Gasteiger partial charge is 0.465 e. The number of likely N-dealkylation sites (N-methyl/N-ethyl adjacent to an activating group) is 1. The van der Waals surface area contributed by atoms with Crippen molar-refractivity contribution >= 4 is 29.2 Å². The Hall–Kier alpha value is -3.35. The number of nitrogens with zero attached hydrogens (tertiary/aromatic N) is 2. The Balaban J connectivity index is 2.20. The van der Waals surface area contributed by atoms with Crippen LogP contribution in [-0.4, -0.2) is 39.1 Å². The zero-order chi connectivity index (χ0) is 20.6. The number of carbonyl (C=O) groups excluding carboxylic acids is 3. The molecule has 1 amide bonds. The lowest BCUT2D eigenvalue weighted by molar-refractivity contribution is -0.139. The van der Waals surface area contributed by atoms with Crippen molar-refractivity contribution in [3.8, 4) is 0 Å². The average Bonchev–Trinajstić information content (AvgIpc) is 2.87. The predicted octanol–water partition coefficient (Wildman–Crippen LogP) is 2.43. The summed E-state index contributed by atoms with van der Waals surface area (Å²) in [6, 6.07) is 5.47. The monoisotopic (exact) mass is 382 g/mol. The second-order valence-electron chi connectivity index (χ2n) is 7.01. The minimum Gasteiger partial charge on any atom is -0.465 e. The van der Waals surface area contributed by atoms with Gasteiger partial charge in [0.25, 0.3) is 0 Å². The smallest absolute Gasteiger partial charge is 0.355 e. The maximum Gasteiger partial charge on any atom is 0.355 e. The molecule has 7 heteroatoms. The van der Waals surface area contributed by atoms with E-state index in [-0.39, 0.29) is 17.2 Å². The van der Waals surface area contributed by atoms with Gasteiger partial charge >= 0.3 is 11.9 Å². The van der Waals surface area contributed by atoms with Crippen LogP contribution in [0.2, 0.25) is 0 Å². The fourth-order valence-electron chi connectivity index (χ4n) is 3.48. The van der Waals surface area contributed by atoms with Gasteiger partial charge in [-0.2, -0.15) is 0 Å². The van der Waals surface area contributed by atoms with E-state index in [9.17, 15) is 14.4 Å². The summed E-state index contributed by atoms with van der Waals surface area (Å²) >= 11 is 0. The molecule has 0 spiro atoms. The maximum absolute atomic E-state index is 12.6. The molecule has 2 heterocycles. The SMILES string of the molecule is COC(=O)C1=C(C(=O)OC)N(c2ccc3c(c2)C(C)(C)C(=O)N3C)C=CC=C1. The number of esters is 2. The van der Waals surface area contributed by atoms with Crippen LogP contribution in [0, 0.1) is 0 Å². The van der Waals surface area contributed by atoms with Gasteiger partial charge in [0.1, 0.15) is 5.70 Å². The Morgan fingerprint density at radius 1 is 1.04 bits per heavy atom. The maximum atomic E-state index is 12.6. The highest BCUT2D eigenvalue weighted by atomic mass is 16.5. The number of fused-ring (bicyclic) bond motifs is 1. The van der Waals surface area contributed by atoms with E-state index in [4.69, 9.17) is 9.47 Å². The number of amides is 1. The van der Waals surface area contributed by atoms with Gasteiger partial charge < -0.3 is 19.3 Å². The molecule has 0 aliphatic carbocycles. The van der Waals surface area contributed by atoms with Crippen molar-refractivity contribution < 1.29 is 23.9 Å². The number of rotatable bonds is 3. The summed E-state index contributed by atoms with van der Waals surface area (Å²) in [6.07, 6.45) is 6.51. The Bertz CT molecular complexity index is 956. The van der Waals surface area contributed by atoms with Crippen molar-refractivity contribution in [1.29, 1.82) is 0 Å². The first-order chi connectivity index (χ1) is 13.2. The normalized spacial score (nSPS) is 17.5. The Kier molecular flexibility index (Phi) is 4.85. The van der Waals surface area contributed by atoms with Crippen LogP contribution >= 0.6 is 0 Å². The van der Waals surface area contributed by atoms with Crippen molar-refractivity contribution in [2.45, 2.75) is 19.3 Å². The second kappa shape index (κ2) is 6.99. The molecule has 0 unspecified atom stereocenters. The quantitative estimate of drug-likeness (QED) is 0.748. The number of ether oxygens (including phenoxy) is 2. The van der Waals surface area contributed by atoms with Gasteiger partial charge in [0.15, 0.2) is 0 Å². The number of hydrogen-bond donors (Lipinski definition) is 0. The van der Waals surface area contributed by atoms with Gasteiger partial charge in [0.05, 0.1) is 25.2 Å². The van der Waals surface area contributed by atoms with Gasteiger partial charge in [0, 0.05) is 24.6 Å². The minimum absolute atomic E-state index is 0.00768. The van der Waals surface area contributed by atoms with Crippen molar-refractivity contribution in [2.24, 2.45) is 0 Å². The van der Waals surface area contributed by atoms with Gasteiger partial charge in [-0.05, 0) is 49.8 Å². The molecule has 0 N–H and O–H groups in total. The Morgan fingerprint density at radius 3 is 2.36 bits per heavy atom. The van der Waals surface area contributed by atoms with Crippen LogP contribution in [0.3, 0.4) is 0 Å². The van der Waals surface area contributed by atoms with E-state index in [1.165, 1.54) is 20.3 Å². The lowest BCUT2D eigenvalue weighted by Crippen LogP contribution is -2.33. The number of carbonyl (C=O) groups is 3. The first-order valence-electron chi connectivity index (χ1n) is 8.71. The second-order valence-corrected chi connectivity index (χ2v) is 7.01. The number of allylic oxidation sites excluding steroid dienone is 2. The van der Waals surface area contributed by atoms with E-state index >= 15 is 0 Å². The molecular formula is C21H22N2O5. The molecule has 7 nitrogen and oxygen atoms in total. The van der Waals surface area contributed by atoms with E-state index in [1.807, 2.05) is 26.0 Å². The lowest BCUT2D eigenvalue weighted by Gasteiger charge is -2.24. The van der Waals surface area contributed by atoms with Gasteiger partial charge in [-0.25, -0.2) is 9.59 Å². The Labute approximate surface area is 163 Å². The molecular weight excluding hydrogens is 360 g/mol. The Morgan fingerprint density at radius 2 is 1.71 bits per heavy atom. The first-order valence-corrected chi connectivity index (χ1v) is 8.71. The molecule has 0 saturated carbocycles. The fourth-order valence-corrected chi connectivity index (χ4v) is 3.48. The van der Waals surface area contributed by atoms with E-state index < -0.39 is 17.4 Å². The molecule has 3 rings (SSSR count). The summed E-state index contributed by atoms with van der Waals surface area (Å²) in [6.45, 7) is 3.72. The highest BCUT2D eigenvalue weighted by Gasteiger charge is 2.42. The number of hydrogen-bond acceptors (Lipinski definition) is 6. The molecule has 0 radical (unpaired) electrons. The zero-order valence-corrected chi connectivity index (χ0v) is 16.5.